The SMILES string of the molecule is O=C(CN1C(=O)COc2ccccc21)N/N=C\c1cccc(Oc2ccccc2)c1. The van der Waals surface area contributed by atoms with Crippen molar-refractivity contribution in [2.45, 2.75) is 0 Å². The van der Waals surface area contributed by atoms with Gasteiger partial charge < -0.3 is 9.47 Å². The minimum Gasteiger partial charge on any atom is -0.482 e. The van der Waals surface area contributed by atoms with Crippen molar-refractivity contribution < 1.29 is 19.1 Å². The Balaban J connectivity index is 1.36. The summed E-state index contributed by atoms with van der Waals surface area (Å²) in [5, 5.41) is 3.99. The first-order valence-corrected chi connectivity index (χ1v) is 9.36. The average Bonchev–Trinajstić information content (AvgIpc) is 2.77. The first-order valence-electron chi connectivity index (χ1n) is 9.36. The van der Waals surface area contributed by atoms with Gasteiger partial charge >= 0.3 is 0 Å². The summed E-state index contributed by atoms with van der Waals surface area (Å²) in [7, 11) is 0. The van der Waals surface area contributed by atoms with Crippen LogP contribution in [0.3, 0.4) is 0 Å². The summed E-state index contributed by atoms with van der Waals surface area (Å²) < 4.78 is 11.2. The third-order valence-electron chi connectivity index (χ3n) is 4.35. The fourth-order valence-electron chi connectivity index (χ4n) is 2.97. The molecule has 3 aromatic rings. The van der Waals surface area contributed by atoms with E-state index in [2.05, 4.69) is 10.5 Å². The van der Waals surface area contributed by atoms with Gasteiger partial charge in [0.1, 0.15) is 23.8 Å². The maximum Gasteiger partial charge on any atom is 0.265 e. The predicted octanol–water partition coefficient (Wildman–Crippen LogP) is 3.35. The molecule has 0 unspecified atom stereocenters. The molecule has 1 heterocycles. The van der Waals surface area contributed by atoms with Crippen LogP contribution in [0.5, 0.6) is 17.2 Å². The number of anilines is 1. The summed E-state index contributed by atoms with van der Waals surface area (Å²) in [5.74, 6) is 1.28. The molecule has 1 aliphatic rings. The topological polar surface area (TPSA) is 80.2 Å². The Bertz CT molecular complexity index is 1080. The molecular weight excluding hydrogens is 382 g/mol. The van der Waals surface area contributed by atoms with Gasteiger partial charge in [-0.25, -0.2) is 5.43 Å². The second-order valence-electron chi connectivity index (χ2n) is 6.52. The van der Waals surface area contributed by atoms with Crippen LogP contribution in [0.15, 0.2) is 84.0 Å². The quantitative estimate of drug-likeness (QED) is 0.507. The standard InChI is InChI=1S/C23H19N3O4/c27-22(15-26-20-11-4-5-12-21(20)29-16-23(26)28)25-24-14-17-7-6-10-19(13-17)30-18-8-2-1-3-9-18/h1-14H,15-16H2,(H,25,27)/b24-14-. The Morgan fingerprint density at radius 3 is 2.67 bits per heavy atom. The number of hydrogen-bond acceptors (Lipinski definition) is 5. The van der Waals surface area contributed by atoms with Crippen LogP contribution in [-0.2, 0) is 9.59 Å². The third-order valence-corrected chi connectivity index (χ3v) is 4.35. The minimum atomic E-state index is -0.409. The number of benzene rings is 3. The number of hydrogen-bond donors (Lipinski definition) is 1. The molecule has 3 aromatic carbocycles. The second-order valence-corrected chi connectivity index (χ2v) is 6.52. The van der Waals surface area contributed by atoms with Crippen molar-refractivity contribution in [3.63, 3.8) is 0 Å². The van der Waals surface area contributed by atoms with Crippen LogP contribution in [0.4, 0.5) is 5.69 Å². The summed E-state index contributed by atoms with van der Waals surface area (Å²) in [6.07, 6.45) is 1.52. The Morgan fingerprint density at radius 1 is 1.03 bits per heavy atom. The number of amides is 2. The number of fused-ring (bicyclic) bond motifs is 1. The highest BCUT2D eigenvalue weighted by molar-refractivity contribution is 6.02. The molecule has 0 saturated carbocycles. The van der Waals surface area contributed by atoms with Crippen LogP contribution >= 0.6 is 0 Å². The van der Waals surface area contributed by atoms with Gasteiger partial charge in [0.15, 0.2) is 6.61 Å². The monoisotopic (exact) mass is 401 g/mol. The number of rotatable bonds is 6. The lowest BCUT2D eigenvalue weighted by Gasteiger charge is -2.28. The first kappa shape index (κ1) is 19.2. The summed E-state index contributed by atoms with van der Waals surface area (Å²) in [4.78, 5) is 25.8. The lowest BCUT2D eigenvalue weighted by molar-refractivity contribution is -0.125. The highest BCUT2D eigenvalue weighted by Crippen LogP contribution is 2.31. The molecule has 0 saturated heterocycles. The minimum absolute atomic E-state index is 0.0955. The summed E-state index contributed by atoms with van der Waals surface area (Å²) in [6.45, 7) is -0.241. The average molecular weight is 401 g/mol. The van der Waals surface area contributed by atoms with Crippen molar-refractivity contribution in [2.75, 3.05) is 18.1 Å². The molecule has 1 aliphatic heterocycles. The Morgan fingerprint density at radius 2 is 1.80 bits per heavy atom. The number of para-hydroxylation sites is 3. The molecule has 0 fully saturated rings. The van der Waals surface area contributed by atoms with Crippen LogP contribution in [-0.4, -0.2) is 31.2 Å². The van der Waals surface area contributed by atoms with Gasteiger partial charge in [0.25, 0.3) is 11.8 Å². The smallest absolute Gasteiger partial charge is 0.265 e. The molecule has 0 aromatic heterocycles. The highest BCUT2D eigenvalue weighted by atomic mass is 16.5. The third kappa shape index (κ3) is 4.64. The molecular formula is C23H19N3O4. The van der Waals surface area contributed by atoms with Crippen molar-refractivity contribution in [1.82, 2.24) is 5.43 Å². The van der Waals surface area contributed by atoms with Gasteiger partial charge in [-0.15, -0.1) is 0 Å². The molecule has 0 atom stereocenters. The van der Waals surface area contributed by atoms with E-state index in [0.717, 1.165) is 11.3 Å². The number of carbonyl (C=O) groups excluding carboxylic acids is 2. The van der Waals surface area contributed by atoms with Crippen molar-refractivity contribution in [2.24, 2.45) is 5.10 Å². The van der Waals surface area contributed by atoms with Crippen LogP contribution in [0, 0.1) is 0 Å². The molecule has 7 heteroatoms. The molecule has 150 valence electrons. The van der Waals surface area contributed by atoms with E-state index in [0.29, 0.717) is 17.2 Å². The fraction of sp³-hybridized carbons (Fsp3) is 0.0870. The van der Waals surface area contributed by atoms with E-state index in [1.165, 1.54) is 11.1 Å². The molecule has 0 aliphatic carbocycles. The van der Waals surface area contributed by atoms with E-state index in [4.69, 9.17) is 9.47 Å². The summed E-state index contributed by atoms with van der Waals surface area (Å²) in [6, 6.07) is 23.9. The molecule has 0 spiro atoms. The summed E-state index contributed by atoms with van der Waals surface area (Å²) >= 11 is 0. The van der Waals surface area contributed by atoms with Gasteiger partial charge in [0.2, 0.25) is 0 Å². The molecule has 4 rings (SSSR count). The largest absolute Gasteiger partial charge is 0.482 e. The van der Waals surface area contributed by atoms with Crippen LogP contribution in [0.25, 0.3) is 0 Å². The van der Waals surface area contributed by atoms with Crippen molar-refractivity contribution in [1.29, 1.82) is 0 Å². The van der Waals surface area contributed by atoms with Gasteiger partial charge in [-0.2, -0.15) is 5.10 Å². The number of carbonyl (C=O) groups is 2. The van der Waals surface area contributed by atoms with E-state index in [1.807, 2.05) is 60.7 Å². The zero-order valence-corrected chi connectivity index (χ0v) is 16.0. The molecule has 0 radical (unpaired) electrons. The van der Waals surface area contributed by atoms with Crippen LogP contribution in [0.2, 0.25) is 0 Å². The Hall–Kier alpha value is -4.13. The zero-order valence-electron chi connectivity index (χ0n) is 16.0. The number of ether oxygens (including phenoxy) is 2. The Labute approximate surface area is 173 Å². The van der Waals surface area contributed by atoms with E-state index >= 15 is 0 Å². The second kappa shape index (κ2) is 8.91. The summed E-state index contributed by atoms with van der Waals surface area (Å²) in [5.41, 5.74) is 3.78. The van der Waals surface area contributed by atoms with Gasteiger partial charge in [0, 0.05) is 0 Å². The normalized spacial score (nSPS) is 12.9. The van der Waals surface area contributed by atoms with E-state index < -0.39 is 5.91 Å². The van der Waals surface area contributed by atoms with Crippen molar-refractivity contribution >= 4 is 23.7 Å². The van der Waals surface area contributed by atoms with Crippen LogP contribution < -0.4 is 19.8 Å². The first-order chi connectivity index (χ1) is 14.7. The maximum atomic E-state index is 12.3. The van der Waals surface area contributed by atoms with Gasteiger partial charge in [-0.3, -0.25) is 14.5 Å². The van der Waals surface area contributed by atoms with Crippen molar-refractivity contribution in [3.8, 4) is 17.2 Å². The zero-order chi connectivity index (χ0) is 20.8. The van der Waals surface area contributed by atoms with E-state index in [1.54, 1.807) is 18.2 Å². The van der Waals surface area contributed by atoms with E-state index in [-0.39, 0.29) is 19.1 Å². The van der Waals surface area contributed by atoms with Gasteiger partial charge in [-0.1, -0.05) is 42.5 Å². The fourth-order valence-corrected chi connectivity index (χ4v) is 2.97. The lowest BCUT2D eigenvalue weighted by atomic mass is 10.2. The van der Waals surface area contributed by atoms with Gasteiger partial charge in [0.05, 0.1) is 11.9 Å². The van der Waals surface area contributed by atoms with E-state index in [9.17, 15) is 9.59 Å². The Kier molecular flexibility index (Phi) is 5.70. The predicted molar refractivity (Wildman–Crippen MR) is 113 cm³/mol. The van der Waals surface area contributed by atoms with Gasteiger partial charge in [-0.05, 0) is 42.0 Å². The maximum absolute atomic E-state index is 12.3. The van der Waals surface area contributed by atoms with Crippen LogP contribution in [0.1, 0.15) is 5.56 Å². The highest BCUT2D eigenvalue weighted by Gasteiger charge is 2.26. The van der Waals surface area contributed by atoms with Crippen molar-refractivity contribution in [3.05, 3.63) is 84.4 Å². The molecule has 1 N–H and O–H groups in total. The number of hydrazone groups is 1. The number of nitrogens with zero attached hydrogens (tertiary/aromatic N) is 2. The molecule has 7 nitrogen and oxygen atoms in total. The molecule has 0 bridgehead atoms. The lowest BCUT2D eigenvalue weighted by Crippen LogP contribution is -2.44. The molecule has 30 heavy (non-hydrogen) atoms. The number of nitrogens with one attached hydrogen (secondary N) is 1. The molecule has 2 amide bonds.